The summed E-state index contributed by atoms with van der Waals surface area (Å²) >= 11 is 0. The van der Waals surface area contributed by atoms with Crippen molar-refractivity contribution in [2.75, 3.05) is 19.6 Å². The minimum atomic E-state index is 0.194. The second-order valence-electron chi connectivity index (χ2n) is 5.87. The van der Waals surface area contributed by atoms with Crippen molar-refractivity contribution in [2.24, 2.45) is 11.7 Å². The lowest BCUT2D eigenvalue weighted by molar-refractivity contribution is 0.0668. The molecule has 0 aromatic carbocycles. The fraction of sp³-hybridized carbons (Fsp3) is 0.688. The van der Waals surface area contributed by atoms with Crippen LogP contribution in [0.25, 0.3) is 0 Å². The number of rotatable bonds is 4. The van der Waals surface area contributed by atoms with Crippen LogP contribution in [0.3, 0.4) is 0 Å². The molecule has 1 atom stereocenters. The number of aromatic nitrogens is 1. The van der Waals surface area contributed by atoms with E-state index in [1.54, 1.807) is 0 Å². The summed E-state index contributed by atoms with van der Waals surface area (Å²) in [4.78, 5) is 14.8. The first-order chi connectivity index (χ1) is 9.58. The summed E-state index contributed by atoms with van der Waals surface area (Å²) in [6, 6.07) is 2.04. The van der Waals surface area contributed by atoms with Crippen molar-refractivity contribution in [3.8, 4) is 0 Å². The molecule has 1 aromatic rings. The summed E-state index contributed by atoms with van der Waals surface area (Å²) < 4.78 is 2.20. The Bertz CT molecular complexity index is 476. The van der Waals surface area contributed by atoms with Gasteiger partial charge in [0.15, 0.2) is 0 Å². The molecule has 1 unspecified atom stereocenters. The molecular formula is C16H27N3O. The van der Waals surface area contributed by atoms with Crippen LogP contribution in [-0.4, -0.2) is 35.0 Å². The predicted octanol–water partition coefficient (Wildman–Crippen LogP) is 2.33. The molecule has 1 saturated heterocycles. The Morgan fingerprint density at radius 3 is 2.80 bits per heavy atom. The van der Waals surface area contributed by atoms with Crippen LogP contribution < -0.4 is 5.73 Å². The lowest BCUT2D eigenvalue weighted by Gasteiger charge is -2.32. The molecule has 112 valence electrons. The molecule has 2 N–H and O–H groups in total. The zero-order valence-electron chi connectivity index (χ0n) is 13.0. The van der Waals surface area contributed by atoms with Crippen LogP contribution in [0.15, 0.2) is 6.07 Å². The molecule has 0 radical (unpaired) electrons. The lowest BCUT2D eigenvalue weighted by atomic mass is 9.94. The number of carbonyl (C=O) groups excluding carboxylic acids is 1. The fourth-order valence-electron chi connectivity index (χ4n) is 3.40. The number of likely N-dealkylation sites (tertiary alicyclic amines) is 1. The van der Waals surface area contributed by atoms with Crippen molar-refractivity contribution in [1.29, 1.82) is 0 Å². The van der Waals surface area contributed by atoms with Gasteiger partial charge in [-0.15, -0.1) is 0 Å². The van der Waals surface area contributed by atoms with Gasteiger partial charge in [-0.25, -0.2) is 0 Å². The third kappa shape index (κ3) is 2.90. The Labute approximate surface area is 121 Å². The first kappa shape index (κ1) is 15.1. The molecule has 4 heteroatoms. The Hall–Kier alpha value is -1.29. The maximum Gasteiger partial charge on any atom is 0.255 e. The van der Waals surface area contributed by atoms with Crippen molar-refractivity contribution >= 4 is 5.91 Å². The highest BCUT2D eigenvalue weighted by Crippen LogP contribution is 2.23. The minimum Gasteiger partial charge on any atom is -0.349 e. The summed E-state index contributed by atoms with van der Waals surface area (Å²) in [5.74, 6) is 0.770. The Balaban J connectivity index is 2.14. The molecular weight excluding hydrogens is 250 g/mol. The molecule has 1 aliphatic rings. The van der Waals surface area contributed by atoms with E-state index in [-0.39, 0.29) is 5.91 Å². The van der Waals surface area contributed by atoms with E-state index in [4.69, 9.17) is 5.73 Å². The monoisotopic (exact) mass is 277 g/mol. The maximum absolute atomic E-state index is 12.7. The van der Waals surface area contributed by atoms with Gasteiger partial charge in [0.05, 0.1) is 5.56 Å². The second-order valence-corrected chi connectivity index (χ2v) is 5.87. The molecule has 2 rings (SSSR count). The zero-order chi connectivity index (χ0) is 14.7. The Morgan fingerprint density at radius 2 is 2.20 bits per heavy atom. The third-order valence-electron chi connectivity index (χ3n) is 4.50. The van der Waals surface area contributed by atoms with Gasteiger partial charge in [0.25, 0.3) is 5.91 Å². The quantitative estimate of drug-likeness (QED) is 0.918. The minimum absolute atomic E-state index is 0.194. The van der Waals surface area contributed by atoms with Crippen LogP contribution in [0.4, 0.5) is 0 Å². The van der Waals surface area contributed by atoms with Crippen LogP contribution in [0.2, 0.25) is 0 Å². The van der Waals surface area contributed by atoms with Crippen LogP contribution in [0.5, 0.6) is 0 Å². The Kier molecular flexibility index (Phi) is 4.86. The van der Waals surface area contributed by atoms with Crippen molar-refractivity contribution in [1.82, 2.24) is 9.47 Å². The number of aryl methyl sites for hydroxylation is 1. The third-order valence-corrected chi connectivity index (χ3v) is 4.50. The van der Waals surface area contributed by atoms with Gasteiger partial charge in [-0.3, -0.25) is 4.79 Å². The van der Waals surface area contributed by atoms with Crippen LogP contribution >= 0.6 is 0 Å². The van der Waals surface area contributed by atoms with Crippen molar-refractivity contribution in [3.05, 3.63) is 23.0 Å². The summed E-state index contributed by atoms with van der Waals surface area (Å²) in [5, 5.41) is 0. The average molecular weight is 277 g/mol. The molecule has 1 fully saturated rings. The molecule has 0 aliphatic carbocycles. The second kappa shape index (κ2) is 6.44. The standard InChI is InChI=1S/C16H27N3O/c1-4-19-12(2)10-15(13(19)3)16(20)18-9-5-6-14(11-18)7-8-17/h10,14H,4-9,11,17H2,1-3H3. The van der Waals surface area contributed by atoms with E-state index in [9.17, 15) is 4.79 Å². The maximum atomic E-state index is 12.7. The number of nitrogens with zero attached hydrogens (tertiary/aromatic N) is 2. The van der Waals surface area contributed by atoms with Gasteiger partial charge in [0, 0.05) is 31.0 Å². The van der Waals surface area contributed by atoms with E-state index < -0.39 is 0 Å². The molecule has 1 amide bonds. The van der Waals surface area contributed by atoms with E-state index in [0.717, 1.165) is 50.3 Å². The Morgan fingerprint density at radius 1 is 1.45 bits per heavy atom. The van der Waals surface area contributed by atoms with Gasteiger partial charge in [-0.05, 0) is 58.6 Å². The number of carbonyl (C=O) groups is 1. The fourth-order valence-corrected chi connectivity index (χ4v) is 3.40. The van der Waals surface area contributed by atoms with E-state index in [2.05, 4.69) is 18.4 Å². The van der Waals surface area contributed by atoms with E-state index >= 15 is 0 Å². The zero-order valence-corrected chi connectivity index (χ0v) is 13.0. The molecule has 20 heavy (non-hydrogen) atoms. The SMILES string of the molecule is CCn1c(C)cc(C(=O)N2CCCC(CCN)C2)c1C. The van der Waals surface area contributed by atoms with Gasteiger partial charge in [-0.2, -0.15) is 0 Å². The first-order valence-electron chi connectivity index (χ1n) is 7.74. The molecule has 1 aromatic heterocycles. The molecule has 0 spiro atoms. The van der Waals surface area contributed by atoms with Gasteiger partial charge < -0.3 is 15.2 Å². The molecule has 0 saturated carbocycles. The number of piperidine rings is 1. The molecule has 0 bridgehead atoms. The van der Waals surface area contributed by atoms with Crippen LogP contribution in [-0.2, 0) is 6.54 Å². The number of hydrogen-bond donors (Lipinski definition) is 1. The van der Waals surface area contributed by atoms with Gasteiger partial charge in [0.1, 0.15) is 0 Å². The largest absolute Gasteiger partial charge is 0.349 e. The number of hydrogen-bond acceptors (Lipinski definition) is 2. The average Bonchev–Trinajstić information content (AvgIpc) is 2.73. The predicted molar refractivity (Wildman–Crippen MR) is 81.9 cm³/mol. The van der Waals surface area contributed by atoms with Crippen molar-refractivity contribution in [2.45, 2.75) is 46.6 Å². The normalized spacial score (nSPS) is 19.4. The topological polar surface area (TPSA) is 51.3 Å². The van der Waals surface area contributed by atoms with E-state index in [1.165, 1.54) is 12.1 Å². The molecule has 4 nitrogen and oxygen atoms in total. The highest BCUT2D eigenvalue weighted by atomic mass is 16.2. The van der Waals surface area contributed by atoms with Crippen LogP contribution in [0.1, 0.15) is 47.9 Å². The van der Waals surface area contributed by atoms with Crippen molar-refractivity contribution < 1.29 is 4.79 Å². The van der Waals surface area contributed by atoms with Gasteiger partial charge >= 0.3 is 0 Å². The molecule has 2 heterocycles. The van der Waals surface area contributed by atoms with Crippen molar-refractivity contribution in [3.63, 3.8) is 0 Å². The lowest BCUT2D eigenvalue weighted by Crippen LogP contribution is -2.40. The highest BCUT2D eigenvalue weighted by molar-refractivity contribution is 5.95. The molecule has 1 aliphatic heterocycles. The highest BCUT2D eigenvalue weighted by Gasteiger charge is 2.26. The van der Waals surface area contributed by atoms with Gasteiger partial charge in [-0.1, -0.05) is 0 Å². The summed E-state index contributed by atoms with van der Waals surface area (Å²) in [6.45, 7) is 9.62. The van der Waals surface area contributed by atoms with E-state index in [0.29, 0.717) is 5.92 Å². The smallest absolute Gasteiger partial charge is 0.255 e. The first-order valence-corrected chi connectivity index (χ1v) is 7.74. The number of nitrogens with two attached hydrogens (primary N) is 1. The summed E-state index contributed by atoms with van der Waals surface area (Å²) in [6.07, 6.45) is 3.33. The van der Waals surface area contributed by atoms with Gasteiger partial charge in [0.2, 0.25) is 0 Å². The summed E-state index contributed by atoms with van der Waals surface area (Å²) in [5.41, 5.74) is 8.79. The van der Waals surface area contributed by atoms with Crippen LogP contribution in [0, 0.1) is 19.8 Å². The number of amides is 1. The summed E-state index contributed by atoms with van der Waals surface area (Å²) in [7, 11) is 0. The van der Waals surface area contributed by atoms with E-state index in [1.807, 2.05) is 17.9 Å².